The van der Waals surface area contributed by atoms with Crippen molar-refractivity contribution in [1.29, 1.82) is 0 Å². The number of nitrogens with zero attached hydrogens (tertiary/aromatic N) is 1. The Balaban J connectivity index is 0.00000323. The number of hydrogen-bond acceptors (Lipinski definition) is 4. The number of carboxylic acids is 1. The van der Waals surface area contributed by atoms with E-state index in [1.807, 2.05) is 97.9 Å². The Morgan fingerprint density at radius 1 is 0.775 bits per heavy atom. The molecule has 0 saturated carbocycles. The summed E-state index contributed by atoms with van der Waals surface area (Å²) < 4.78 is 6.48. The maximum atomic E-state index is 12.2. The van der Waals surface area contributed by atoms with Gasteiger partial charge in [-0.15, -0.1) is 12.4 Å². The molecule has 0 radical (unpaired) electrons. The van der Waals surface area contributed by atoms with E-state index in [1.165, 1.54) is 0 Å². The molecule has 0 saturated heterocycles. The van der Waals surface area contributed by atoms with Gasteiger partial charge in [-0.1, -0.05) is 54.6 Å². The topological polar surface area (TPSA) is 74.8 Å². The number of aromatic carboxylic acids is 1. The molecule has 2 N–H and O–H groups in total. The van der Waals surface area contributed by atoms with E-state index >= 15 is 0 Å². The van der Waals surface area contributed by atoms with Gasteiger partial charge in [0.2, 0.25) is 0 Å². The van der Waals surface area contributed by atoms with Crippen LogP contribution < -0.4 is 10.7 Å². The third-order valence-corrected chi connectivity index (χ3v) is 6.92. The lowest BCUT2D eigenvalue weighted by molar-refractivity contribution is 0.0697. The minimum absolute atomic E-state index is 0. The van der Waals surface area contributed by atoms with Crippen LogP contribution in [0.4, 0.5) is 17.1 Å². The molecule has 0 atom stereocenters. The number of aryl methyl sites for hydroxylation is 2. The Morgan fingerprint density at radius 2 is 1.50 bits per heavy atom. The molecule has 6 heteroatoms. The van der Waals surface area contributed by atoms with Gasteiger partial charge in [0, 0.05) is 40.0 Å². The zero-order valence-electron chi connectivity index (χ0n) is 22.0. The van der Waals surface area contributed by atoms with E-state index in [0.717, 1.165) is 50.1 Å². The summed E-state index contributed by atoms with van der Waals surface area (Å²) in [7, 11) is 0. The van der Waals surface area contributed by atoms with Gasteiger partial charge in [-0.2, -0.15) is 0 Å². The second kappa shape index (κ2) is 11.1. The molecule has 2 aliphatic rings. The number of nitrogens with one attached hydrogen (secondary N) is 1. The number of para-hydroxylation sites is 2. The van der Waals surface area contributed by atoms with E-state index in [0.29, 0.717) is 16.9 Å². The number of carbonyl (C=O) groups is 1. The predicted molar refractivity (Wildman–Crippen MR) is 163 cm³/mol. The quantitative estimate of drug-likeness (QED) is 0.212. The number of carboxylic acid groups (broad SMARTS) is 1. The van der Waals surface area contributed by atoms with E-state index in [2.05, 4.69) is 18.3 Å². The Labute approximate surface area is 238 Å². The normalized spacial score (nSPS) is 11.4. The van der Waals surface area contributed by atoms with Crippen LogP contribution in [0.1, 0.15) is 21.5 Å². The maximum absolute atomic E-state index is 12.2. The minimum Gasteiger partial charge on any atom is -0.478 e. The number of anilines is 2. The van der Waals surface area contributed by atoms with Crippen LogP contribution >= 0.6 is 12.4 Å². The predicted octanol–water partition coefficient (Wildman–Crippen LogP) is 8.92. The van der Waals surface area contributed by atoms with Crippen molar-refractivity contribution in [3.63, 3.8) is 0 Å². The van der Waals surface area contributed by atoms with Crippen LogP contribution in [0.2, 0.25) is 0 Å². The minimum atomic E-state index is -0.975. The lowest BCUT2D eigenvalue weighted by Gasteiger charge is -2.18. The molecule has 40 heavy (non-hydrogen) atoms. The van der Waals surface area contributed by atoms with E-state index in [-0.39, 0.29) is 18.0 Å². The molecule has 0 amide bonds. The average molecular weight is 547 g/mol. The van der Waals surface area contributed by atoms with Gasteiger partial charge in [-0.25, -0.2) is 9.79 Å². The molecule has 5 nitrogen and oxygen atoms in total. The van der Waals surface area contributed by atoms with Crippen LogP contribution in [0.15, 0.2) is 119 Å². The monoisotopic (exact) mass is 546 g/mol. The van der Waals surface area contributed by atoms with Crippen molar-refractivity contribution in [3.05, 3.63) is 131 Å². The molecule has 4 aromatic carbocycles. The van der Waals surface area contributed by atoms with Gasteiger partial charge >= 0.3 is 5.97 Å². The molecular formula is C34H27ClN2O3. The van der Waals surface area contributed by atoms with Crippen LogP contribution in [-0.4, -0.2) is 11.1 Å². The van der Waals surface area contributed by atoms with Crippen LogP contribution in [0, 0.1) is 13.8 Å². The van der Waals surface area contributed by atoms with E-state index in [1.54, 1.807) is 12.1 Å². The largest absolute Gasteiger partial charge is 0.478 e. The lowest BCUT2D eigenvalue weighted by Crippen LogP contribution is -2.04. The Hall–Kier alpha value is -4.87. The molecule has 0 bridgehead atoms. The average Bonchev–Trinajstić information content (AvgIpc) is 2.94. The summed E-state index contributed by atoms with van der Waals surface area (Å²) >= 11 is 0. The smallest absolute Gasteiger partial charge is 0.336 e. The first-order valence-electron chi connectivity index (χ1n) is 12.7. The lowest BCUT2D eigenvalue weighted by atomic mass is 9.90. The highest BCUT2D eigenvalue weighted by Gasteiger charge is 2.21. The SMILES string of the molecule is Cc1ccccc1N=c1ccc2c(-c3ccccc3C(=O)O)c3ccc(Nc4ccccc4C)cc3oc-2c1.Cl. The maximum Gasteiger partial charge on any atom is 0.336 e. The Morgan fingerprint density at radius 3 is 2.27 bits per heavy atom. The highest BCUT2D eigenvalue weighted by molar-refractivity contribution is 6.07. The number of halogens is 1. The van der Waals surface area contributed by atoms with Crippen LogP contribution in [-0.2, 0) is 0 Å². The van der Waals surface area contributed by atoms with Crippen LogP contribution in [0.3, 0.4) is 0 Å². The first kappa shape index (κ1) is 26.7. The second-order valence-corrected chi connectivity index (χ2v) is 9.56. The van der Waals surface area contributed by atoms with Crippen molar-refractivity contribution in [2.24, 2.45) is 4.99 Å². The van der Waals surface area contributed by atoms with E-state index < -0.39 is 5.97 Å². The van der Waals surface area contributed by atoms with Gasteiger partial charge in [0.05, 0.1) is 16.6 Å². The fourth-order valence-electron chi connectivity index (χ4n) is 4.90. The van der Waals surface area contributed by atoms with Crippen molar-refractivity contribution in [3.8, 4) is 22.5 Å². The summed E-state index contributed by atoms with van der Waals surface area (Å²) in [5.74, 6) is -0.350. The molecule has 1 aliphatic heterocycles. The van der Waals surface area contributed by atoms with E-state index in [9.17, 15) is 9.90 Å². The third-order valence-electron chi connectivity index (χ3n) is 6.92. The molecule has 0 unspecified atom stereocenters. The summed E-state index contributed by atoms with van der Waals surface area (Å²) in [6.45, 7) is 4.09. The fourth-order valence-corrected chi connectivity index (χ4v) is 4.90. The molecule has 0 fully saturated rings. The number of hydrogen-bond donors (Lipinski definition) is 2. The molecule has 0 aromatic heterocycles. The van der Waals surface area contributed by atoms with Gasteiger partial charge in [-0.3, -0.25) is 0 Å². The first-order valence-corrected chi connectivity index (χ1v) is 12.7. The number of fused-ring (bicyclic) bond motifs is 2. The number of benzene rings is 5. The second-order valence-electron chi connectivity index (χ2n) is 9.56. The molecule has 198 valence electrons. The highest BCUT2D eigenvalue weighted by atomic mass is 35.5. The van der Waals surface area contributed by atoms with Gasteiger partial charge in [-0.05, 0) is 73.0 Å². The zero-order valence-corrected chi connectivity index (χ0v) is 22.8. The molecule has 0 spiro atoms. The molecule has 1 heterocycles. The Bertz CT molecular complexity index is 1910. The van der Waals surface area contributed by atoms with Gasteiger partial charge < -0.3 is 14.8 Å². The number of rotatable bonds is 5. The van der Waals surface area contributed by atoms with Crippen molar-refractivity contribution in [2.45, 2.75) is 13.8 Å². The van der Waals surface area contributed by atoms with E-state index in [4.69, 9.17) is 9.41 Å². The van der Waals surface area contributed by atoms with Gasteiger partial charge in [0.25, 0.3) is 0 Å². The Kier molecular flexibility index (Phi) is 7.41. The highest BCUT2D eigenvalue weighted by Crippen LogP contribution is 2.42. The zero-order chi connectivity index (χ0) is 26.9. The molecular weight excluding hydrogens is 520 g/mol. The molecule has 1 aliphatic carbocycles. The summed E-state index contributed by atoms with van der Waals surface area (Å²) in [5.41, 5.74) is 8.13. The van der Waals surface area contributed by atoms with Crippen molar-refractivity contribution in [2.75, 3.05) is 5.32 Å². The summed E-state index contributed by atoms with van der Waals surface area (Å²) in [4.78, 5) is 17.0. The van der Waals surface area contributed by atoms with Crippen molar-refractivity contribution >= 4 is 46.4 Å². The van der Waals surface area contributed by atoms with Crippen LogP contribution in [0.25, 0.3) is 33.4 Å². The third kappa shape index (κ3) is 5.07. The first-order chi connectivity index (χ1) is 19.0. The standard InChI is InChI=1S/C34H26N2O3.ClH/c1-21-9-3-7-13-29(21)35-23-15-17-27-31(19-23)39-32-20-24(36-30-14-8-4-10-22(30)2)16-18-28(32)33(27)25-11-5-6-12-26(25)34(37)38;/h3-20,35H,1-2H3,(H,37,38);1H. The summed E-state index contributed by atoms with van der Waals surface area (Å²) in [6, 6.07) is 34.9. The summed E-state index contributed by atoms with van der Waals surface area (Å²) in [5, 5.41) is 15.1. The summed E-state index contributed by atoms with van der Waals surface area (Å²) in [6.07, 6.45) is 0. The fraction of sp³-hybridized carbons (Fsp3) is 0.0588. The molecule has 6 rings (SSSR count). The van der Waals surface area contributed by atoms with Crippen molar-refractivity contribution < 1.29 is 14.3 Å². The molecule has 4 aromatic rings. The van der Waals surface area contributed by atoms with Gasteiger partial charge in [0.1, 0.15) is 11.3 Å². The van der Waals surface area contributed by atoms with Gasteiger partial charge in [0.15, 0.2) is 0 Å². The van der Waals surface area contributed by atoms with Crippen molar-refractivity contribution in [1.82, 2.24) is 0 Å². The van der Waals surface area contributed by atoms with Crippen LogP contribution in [0.5, 0.6) is 0 Å².